The van der Waals surface area contributed by atoms with Gasteiger partial charge in [-0.1, -0.05) is 0 Å². The first-order chi connectivity index (χ1) is 14.8. The first-order valence-corrected chi connectivity index (χ1v) is 11.3. The molecular formula is C21H40Cl2N4O6. The molecule has 2 N–H and O–H groups in total. The summed E-state index contributed by atoms with van der Waals surface area (Å²) in [4.78, 5) is 41.1. The Morgan fingerprint density at radius 1 is 0.909 bits per heavy atom. The van der Waals surface area contributed by atoms with Crippen molar-refractivity contribution in [2.24, 2.45) is 0 Å². The van der Waals surface area contributed by atoms with Gasteiger partial charge in [-0.3, -0.25) is 4.79 Å². The predicted octanol–water partition coefficient (Wildman–Crippen LogP) is 1.93. The van der Waals surface area contributed by atoms with Gasteiger partial charge in [0.25, 0.3) is 0 Å². The monoisotopic (exact) mass is 514 g/mol. The molecule has 0 spiro atoms. The molecule has 2 rings (SSSR count). The molecule has 0 aromatic carbocycles. The normalized spacial score (nSPS) is 22.8. The number of ether oxygens (including phenoxy) is 3. The summed E-state index contributed by atoms with van der Waals surface area (Å²) in [5, 5.41) is 2.47. The molecule has 10 nitrogen and oxygen atoms in total. The maximum absolute atomic E-state index is 11.8. The fraction of sp³-hybridized carbons (Fsp3) is 0.857. The van der Waals surface area contributed by atoms with Crippen molar-refractivity contribution in [1.29, 1.82) is 0 Å². The van der Waals surface area contributed by atoms with E-state index in [1.807, 2.05) is 14.1 Å². The van der Waals surface area contributed by atoms with Crippen LogP contribution >= 0.6 is 24.2 Å². The summed E-state index contributed by atoms with van der Waals surface area (Å²) in [6.45, 7) is 12.0. The third-order valence-electron chi connectivity index (χ3n) is 4.87. The molecule has 1 amide bonds. The summed E-state index contributed by atoms with van der Waals surface area (Å²) in [7, 11) is 3.99. The average molecular weight is 515 g/mol. The molecule has 2 aliphatic heterocycles. The van der Waals surface area contributed by atoms with Crippen LogP contribution in [0.5, 0.6) is 0 Å². The second-order valence-electron chi connectivity index (χ2n) is 9.42. The number of carbonyl (C=O) groups is 3. The fourth-order valence-electron chi connectivity index (χ4n) is 3.10. The van der Waals surface area contributed by atoms with Crippen LogP contribution in [0, 0.1) is 0 Å². The van der Waals surface area contributed by atoms with Crippen LogP contribution in [-0.2, 0) is 23.8 Å². The van der Waals surface area contributed by atoms with Crippen LogP contribution in [0.15, 0.2) is 0 Å². The lowest BCUT2D eigenvalue weighted by Gasteiger charge is -2.22. The van der Waals surface area contributed by atoms with Crippen molar-refractivity contribution in [2.75, 3.05) is 40.3 Å². The number of nitrogens with zero attached hydrogens (tertiary/aromatic N) is 2. The maximum Gasteiger partial charge on any atom is 0.408 e. The summed E-state index contributed by atoms with van der Waals surface area (Å²) in [5.74, 6) is -0.707. The quantitative estimate of drug-likeness (QED) is 0.312. The van der Waals surface area contributed by atoms with Crippen LogP contribution in [0.25, 0.3) is 0 Å². The van der Waals surface area contributed by atoms with Crippen molar-refractivity contribution < 1.29 is 28.6 Å². The Hall–Kier alpha value is -1.33. The summed E-state index contributed by atoms with van der Waals surface area (Å²) in [6.07, 6.45) is 1.09. The van der Waals surface area contributed by atoms with E-state index < -0.39 is 29.7 Å². The minimum Gasteiger partial charge on any atom is -0.460 e. The lowest BCUT2D eigenvalue weighted by molar-refractivity contribution is -0.151. The van der Waals surface area contributed by atoms with E-state index in [4.69, 9.17) is 26.0 Å². The molecule has 2 heterocycles. The zero-order valence-electron chi connectivity index (χ0n) is 20.7. The van der Waals surface area contributed by atoms with E-state index in [-0.39, 0.29) is 30.6 Å². The molecular weight excluding hydrogens is 475 g/mol. The number of nitrogens with one attached hydrogen (secondary N) is 2. The minimum absolute atomic E-state index is 0. The summed E-state index contributed by atoms with van der Waals surface area (Å²) in [6, 6.07) is -1.15. The molecule has 0 unspecified atom stereocenters. The van der Waals surface area contributed by atoms with E-state index in [0.717, 1.165) is 39.0 Å². The molecule has 2 fully saturated rings. The molecule has 0 aliphatic carbocycles. The molecule has 0 radical (unpaired) electrons. The van der Waals surface area contributed by atoms with E-state index in [1.54, 1.807) is 34.6 Å². The van der Waals surface area contributed by atoms with E-state index in [1.165, 1.54) is 0 Å². The van der Waals surface area contributed by atoms with E-state index in [9.17, 15) is 14.4 Å². The molecule has 2 saturated heterocycles. The van der Waals surface area contributed by atoms with Crippen molar-refractivity contribution in [3.63, 3.8) is 0 Å². The number of esters is 2. The van der Waals surface area contributed by atoms with Gasteiger partial charge in [-0.25, -0.2) is 14.4 Å². The van der Waals surface area contributed by atoms with Crippen molar-refractivity contribution >= 4 is 42.2 Å². The van der Waals surface area contributed by atoms with Crippen LogP contribution < -0.4 is 10.2 Å². The number of halogens is 2. The molecule has 194 valence electrons. The van der Waals surface area contributed by atoms with Crippen molar-refractivity contribution in [3.05, 3.63) is 0 Å². The SMILES string of the molecule is C[C@H](NC(=O)OC(C)(C)C)C(=O)O[C@H]1CCN(C)C1.C[C@H](NCl)C(=O)O[C@H]1CCN(C)C1.Cl. The number of likely N-dealkylation sites (N-methyl/N-ethyl adjacent to an activating group) is 2. The number of alkyl carbamates (subject to hydrolysis) is 1. The van der Waals surface area contributed by atoms with Gasteiger partial charge in [0.2, 0.25) is 0 Å². The van der Waals surface area contributed by atoms with Gasteiger partial charge < -0.3 is 29.3 Å². The minimum atomic E-state index is -0.708. The maximum atomic E-state index is 11.8. The van der Waals surface area contributed by atoms with Crippen molar-refractivity contribution in [3.8, 4) is 0 Å². The second kappa shape index (κ2) is 14.8. The first-order valence-electron chi connectivity index (χ1n) is 10.9. The lowest BCUT2D eigenvalue weighted by atomic mass is 10.2. The molecule has 0 bridgehead atoms. The van der Waals surface area contributed by atoms with Gasteiger partial charge in [0.05, 0.1) is 0 Å². The van der Waals surface area contributed by atoms with Gasteiger partial charge >= 0.3 is 18.0 Å². The largest absolute Gasteiger partial charge is 0.460 e. The summed E-state index contributed by atoms with van der Waals surface area (Å²) >= 11 is 5.30. The summed E-state index contributed by atoms with van der Waals surface area (Å²) in [5.41, 5.74) is -0.581. The van der Waals surface area contributed by atoms with Gasteiger partial charge in [0.1, 0.15) is 29.9 Å². The highest BCUT2D eigenvalue weighted by Gasteiger charge is 2.27. The molecule has 0 saturated carbocycles. The first kappa shape index (κ1) is 31.7. The van der Waals surface area contributed by atoms with E-state index >= 15 is 0 Å². The molecule has 4 atom stereocenters. The molecule has 0 aromatic heterocycles. The standard InChI is InChI=1S/C13H24N2O4.C8H15ClN2O2.ClH/c1-9(14-12(17)19-13(2,3)4)11(16)18-10-6-7-15(5)8-10;1-6(10-9)8(12)13-7-3-4-11(2)5-7;/h9-10H,6-8H2,1-5H3,(H,14,17);6-7,10H,3-5H2,1-2H3;1H/t9-,10-;6-,7-;/m00./s1. The lowest BCUT2D eigenvalue weighted by Crippen LogP contribution is -2.43. The highest BCUT2D eigenvalue weighted by atomic mass is 35.5. The van der Waals surface area contributed by atoms with Crippen LogP contribution in [-0.4, -0.2) is 98.0 Å². The molecule has 33 heavy (non-hydrogen) atoms. The van der Waals surface area contributed by atoms with E-state index in [2.05, 4.69) is 20.0 Å². The number of hydrogen-bond acceptors (Lipinski definition) is 9. The third-order valence-corrected chi connectivity index (χ3v) is 5.19. The van der Waals surface area contributed by atoms with E-state index in [0.29, 0.717) is 0 Å². The van der Waals surface area contributed by atoms with Gasteiger partial charge in [0.15, 0.2) is 0 Å². The van der Waals surface area contributed by atoms with Gasteiger partial charge in [-0.05, 0) is 73.3 Å². The number of carbonyl (C=O) groups excluding carboxylic acids is 3. The summed E-state index contributed by atoms with van der Waals surface area (Å²) < 4.78 is 15.6. The number of amides is 1. The van der Waals surface area contributed by atoms with Crippen LogP contribution in [0.3, 0.4) is 0 Å². The van der Waals surface area contributed by atoms with Gasteiger partial charge in [-0.15, -0.1) is 12.4 Å². The number of rotatable bonds is 6. The smallest absolute Gasteiger partial charge is 0.408 e. The molecule has 12 heteroatoms. The second-order valence-corrected chi connectivity index (χ2v) is 9.64. The average Bonchev–Trinajstić information content (AvgIpc) is 3.27. The third kappa shape index (κ3) is 13.2. The number of hydrogen-bond donors (Lipinski definition) is 2. The Morgan fingerprint density at radius 3 is 1.67 bits per heavy atom. The van der Waals surface area contributed by atoms with Gasteiger partial charge in [-0.2, -0.15) is 0 Å². The Labute approximate surface area is 208 Å². The molecule has 0 aromatic rings. The highest BCUT2D eigenvalue weighted by molar-refractivity contribution is 6.14. The Kier molecular flexibility index (Phi) is 14.2. The van der Waals surface area contributed by atoms with Crippen LogP contribution in [0.4, 0.5) is 4.79 Å². The van der Waals surface area contributed by atoms with Crippen molar-refractivity contribution in [1.82, 2.24) is 20.0 Å². The zero-order chi connectivity index (χ0) is 24.5. The predicted molar refractivity (Wildman–Crippen MR) is 129 cm³/mol. The highest BCUT2D eigenvalue weighted by Crippen LogP contribution is 2.12. The Balaban J connectivity index is 0.000000642. The topological polar surface area (TPSA) is 109 Å². The van der Waals surface area contributed by atoms with Crippen molar-refractivity contribution in [2.45, 2.75) is 77.4 Å². The Bertz CT molecular complexity index is 634. The Morgan fingerprint density at radius 2 is 1.33 bits per heavy atom. The van der Waals surface area contributed by atoms with Gasteiger partial charge in [0, 0.05) is 26.2 Å². The molecule has 2 aliphatic rings. The zero-order valence-corrected chi connectivity index (χ0v) is 22.3. The van der Waals surface area contributed by atoms with Crippen LogP contribution in [0.2, 0.25) is 0 Å². The fourth-order valence-corrected chi connectivity index (χ4v) is 3.19. The van der Waals surface area contributed by atoms with Crippen LogP contribution in [0.1, 0.15) is 47.5 Å². The number of likely N-dealkylation sites (tertiary alicyclic amines) is 2.